The molecule has 3 N–H and O–H groups in total. The molecule has 1 atom stereocenters. The van der Waals surface area contributed by atoms with Gasteiger partial charge in [-0.3, -0.25) is 9.59 Å². The molecular formula is C13H17NO4. The maximum absolute atomic E-state index is 11.2. The van der Waals surface area contributed by atoms with Crippen LogP contribution in [-0.2, 0) is 27.2 Å². The summed E-state index contributed by atoms with van der Waals surface area (Å²) < 4.78 is 4.84. The molecule has 0 bridgehead atoms. The Morgan fingerprint density at radius 2 is 1.83 bits per heavy atom. The standard InChI is InChI=1S/C13H17NO4/c1-2-18-12(15)8-10-5-3-9(4-6-10)7-11(14)13(16)17/h3-6,11H,2,7-8,14H2,1H3,(H,16,17)/t11-/m0/s1. The molecule has 0 aliphatic carbocycles. The van der Waals surface area contributed by atoms with Gasteiger partial charge in [-0.2, -0.15) is 0 Å². The van der Waals surface area contributed by atoms with Crippen LogP contribution in [-0.4, -0.2) is 29.7 Å². The van der Waals surface area contributed by atoms with Crippen molar-refractivity contribution in [3.05, 3.63) is 35.4 Å². The Morgan fingerprint density at radius 1 is 1.28 bits per heavy atom. The summed E-state index contributed by atoms with van der Waals surface area (Å²) in [7, 11) is 0. The van der Waals surface area contributed by atoms with E-state index in [2.05, 4.69) is 0 Å². The maximum atomic E-state index is 11.2. The second-order valence-corrected chi connectivity index (χ2v) is 3.95. The number of carbonyl (C=O) groups is 2. The van der Waals surface area contributed by atoms with Crippen molar-refractivity contribution in [1.29, 1.82) is 0 Å². The minimum atomic E-state index is -1.02. The van der Waals surface area contributed by atoms with Gasteiger partial charge in [-0.1, -0.05) is 24.3 Å². The summed E-state index contributed by atoms with van der Waals surface area (Å²) in [6.07, 6.45) is 0.494. The fourth-order valence-corrected chi connectivity index (χ4v) is 1.51. The Balaban J connectivity index is 2.57. The molecule has 98 valence electrons. The number of aliphatic carboxylic acids is 1. The average Bonchev–Trinajstić information content (AvgIpc) is 2.31. The summed E-state index contributed by atoms with van der Waals surface area (Å²) in [6.45, 7) is 2.12. The van der Waals surface area contributed by atoms with Gasteiger partial charge in [0.05, 0.1) is 13.0 Å². The summed E-state index contributed by atoms with van der Waals surface area (Å²) >= 11 is 0. The molecule has 0 spiro atoms. The normalized spacial score (nSPS) is 11.9. The van der Waals surface area contributed by atoms with Crippen LogP contribution in [0.2, 0.25) is 0 Å². The highest BCUT2D eigenvalue weighted by atomic mass is 16.5. The van der Waals surface area contributed by atoms with Crippen LogP contribution >= 0.6 is 0 Å². The van der Waals surface area contributed by atoms with Crippen LogP contribution in [0.1, 0.15) is 18.1 Å². The molecule has 0 aromatic heterocycles. The number of benzene rings is 1. The molecule has 0 amide bonds. The quantitative estimate of drug-likeness (QED) is 0.728. The molecule has 0 heterocycles. The zero-order valence-corrected chi connectivity index (χ0v) is 10.3. The summed E-state index contributed by atoms with van der Waals surface area (Å²) in [5, 5.41) is 8.69. The Kier molecular flexibility index (Phi) is 5.32. The Morgan fingerprint density at radius 3 is 2.33 bits per heavy atom. The largest absolute Gasteiger partial charge is 0.480 e. The molecule has 0 aliphatic rings. The lowest BCUT2D eigenvalue weighted by Gasteiger charge is -2.07. The zero-order valence-electron chi connectivity index (χ0n) is 10.3. The highest BCUT2D eigenvalue weighted by molar-refractivity contribution is 5.74. The fourth-order valence-electron chi connectivity index (χ4n) is 1.51. The van der Waals surface area contributed by atoms with Crippen LogP contribution in [0.3, 0.4) is 0 Å². The second kappa shape index (κ2) is 6.76. The van der Waals surface area contributed by atoms with Gasteiger partial charge < -0.3 is 15.6 Å². The fraction of sp³-hybridized carbons (Fsp3) is 0.385. The van der Waals surface area contributed by atoms with E-state index in [0.29, 0.717) is 6.61 Å². The van der Waals surface area contributed by atoms with Crippen LogP contribution in [0.15, 0.2) is 24.3 Å². The zero-order chi connectivity index (χ0) is 13.5. The summed E-state index contributed by atoms with van der Waals surface area (Å²) in [6, 6.07) is 6.21. The Bertz CT molecular complexity index is 414. The van der Waals surface area contributed by atoms with Crippen LogP contribution in [0.5, 0.6) is 0 Å². The molecule has 0 saturated heterocycles. The SMILES string of the molecule is CCOC(=O)Cc1ccc(C[C@H](N)C(=O)O)cc1. The molecule has 5 heteroatoms. The number of ether oxygens (including phenoxy) is 1. The highest BCUT2D eigenvalue weighted by Crippen LogP contribution is 2.08. The van der Waals surface area contributed by atoms with Crippen molar-refractivity contribution in [3.63, 3.8) is 0 Å². The number of hydrogen-bond acceptors (Lipinski definition) is 4. The number of carboxylic acids is 1. The van der Waals surface area contributed by atoms with E-state index in [9.17, 15) is 9.59 Å². The Hall–Kier alpha value is -1.88. The molecule has 0 aliphatic heterocycles. The van der Waals surface area contributed by atoms with E-state index in [-0.39, 0.29) is 18.8 Å². The van der Waals surface area contributed by atoms with Crippen molar-refractivity contribution in [2.75, 3.05) is 6.61 Å². The highest BCUT2D eigenvalue weighted by Gasteiger charge is 2.12. The number of hydrogen-bond donors (Lipinski definition) is 2. The average molecular weight is 251 g/mol. The third-order valence-electron chi connectivity index (χ3n) is 2.45. The van der Waals surface area contributed by atoms with Crippen molar-refractivity contribution in [2.45, 2.75) is 25.8 Å². The van der Waals surface area contributed by atoms with E-state index in [1.165, 1.54) is 0 Å². The van der Waals surface area contributed by atoms with Crippen LogP contribution < -0.4 is 5.73 Å². The van der Waals surface area contributed by atoms with Crippen molar-refractivity contribution in [1.82, 2.24) is 0 Å². The lowest BCUT2D eigenvalue weighted by Crippen LogP contribution is -2.32. The molecule has 0 saturated carbocycles. The van der Waals surface area contributed by atoms with E-state index in [1.54, 1.807) is 31.2 Å². The van der Waals surface area contributed by atoms with Gasteiger partial charge in [0.15, 0.2) is 0 Å². The third-order valence-corrected chi connectivity index (χ3v) is 2.45. The van der Waals surface area contributed by atoms with Gasteiger partial charge in [0, 0.05) is 0 Å². The van der Waals surface area contributed by atoms with Gasteiger partial charge in [0.1, 0.15) is 6.04 Å². The van der Waals surface area contributed by atoms with Gasteiger partial charge in [-0.15, -0.1) is 0 Å². The van der Waals surface area contributed by atoms with E-state index < -0.39 is 12.0 Å². The van der Waals surface area contributed by atoms with E-state index in [1.807, 2.05) is 0 Å². The summed E-state index contributed by atoms with van der Waals surface area (Å²) in [5.74, 6) is -1.29. The molecular weight excluding hydrogens is 234 g/mol. The first-order valence-corrected chi connectivity index (χ1v) is 5.74. The van der Waals surface area contributed by atoms with Crippen molar-refractivity contribution in [3.8, 4) is 0 Å². The Labute approximate surface area is 106 Å². The van der Waals surface area contributed by atoms with Crippen LogP contribution in [0.4, 0.5) is 0 Å². The maximum Gasteiger partial charge on any atom is 0.320 e. The van der Waals surface area contributed by atoms with Crippen molar-refractivity contribution < 1.29 is 19.4 Å². The third kappa shape index (κ3) is 4.55. The van der Waals surface area contributed by atoms with Gasteiger partial charge in [0.2, 0.25) is 0 Å². The molecule has 1 rings (SSSR count). The van der Waals surface area contributed by atoms with Crippen molar-refractivity contribution in [2.24, 2.45) is 5.73 Å². The molecule has 0 radical (unpaired) electrons. The number of rotatable bonds is 6. The van der Waals surface area contributed by atoms with Gasteiger partial charge in [-0.05, 0) is 24.5 Å². The van der Waals surface area contributed by atoms with Crippen LogP contribution in [0.25, 0.3) is 0 Å². The lowest BCUT2D eigenvalue weighted by molar-refractivity contribution is -0.142. The van der Waals surface area contributed by atoms with Crippen molar-refractivity contribution >= 4 is 11.9 Å². The monoisotopic (exact) mass is 251 g/mol. The number of nitrogens with two attached hydrogens (primary N) is 1. The summed E-state index contributed by atoms with van der Waals surface area (Å²) in [4.78, 5) is 21.8. The molecule has 5 nitrogen and oxygen atoms in total. The van der Waals surface area contributed by atoms with Gasteiger partial charge >= 0.3 is 11.9 Å². The molecule has 1 aromatic carbocycles. The molecule has 1 aromatic rings. The van der Waals surface area contributed by atoms with Gasteiger partial charge in [0.25, 0.3) is 0 Å². The molecule has 0 fully saturated rings. The number of esters is 1. The van der Waals surface area contributed by atoms with E-state index in [4.69, 9.17) is 15.6 Å². The van der Waals surface area contributed by atoms with Gasteiger partial charge in [-0.25, -0.2) is 0 Å². The minimum Gasteiger partial charge on any atom is -0.480 e. The summed E-state index contributed by atoms with van der Waals surface area (Å²) in [5.41, 5.74) is 7.10. The lowest BCUT2D eigenvalue weighted by atomic mass is 10.0. The molecule has 18 heavy (non-hydrogen) atoms. The number of carbonyl (C=O) groups excluding carboxylic acids is 1. The smallest absolute Gasteiger partial charge is 0.320 e. The predicted molar refractivity (Wildman–Crippen MR) is 66.1 cm³/mol. The first-order valence-electron chi connectivity index (χ1n) is 5.74. The van der Waals surface area contributed by atoms with E-state index >= 15 is 0 Å². The van der Waals surface area contributed by atoms with Crippen LogP contribution in [0, 0.1) is 0 Å². The second-order valence-electron chi connectivity index (χ2n) is 3.95. The molecule has 0 unspecified atom stereocenters. The first kappa shape index (κ1) is 14.2. The first-order chi connectivity index (χ1) is 8.52. The predicted octanol–water partition coefficient (Wildman–Crippen LogP) is 0.747. The topological polar surface area (TPSA) is 89.6 Å². The minimum absolute atomic E-state index is 0.221. The van der Waals surface area contributed by atoms with E-state index in [0.717, 1.165) is 11.1 Å². The number of carboxylic acid groups (broad SMARTS) is 1.